The molecule has 2 fully saturated rings. The second kappa shape index (κ2) is 6.43. The van der Waals surface area contributed by atoms with Crippen LogP contribution in [-0.2, 0) is 4.79 Å². The molecule has 8 heteroatoms. The molecule has 0 saturated carbocycles. The van der Waals surface area contributed by atoms with Crippen LogP contribution in [0.1, 0.15) is 10.9 Å². The van der Waals surface area contributed by atoms with Crippen LogP contribution < -0.4 is 4.90 Å². The summed E-state index contributed by atoms with van der Waals surface area (Å²) >= 11 is 19.1. The van der Waals surface area contributed by atoms with E-state index in [-0.39, 0.29) is 22.3 Å². The number of thiocarbonyl (C=S) groups is 1. The number of amides is 1. The Labute approximate surface area is 163 Å². The summed E-state index contributed by atoms with van der Waals surface area (Å²) in [5.74, 6) is -0.00718. The van der Waals surface area contributed by atoms with E-state index in [4.69, 9.17) is 35.4 Å². The van der Waals surface area contributed by atoms with Crippen LogP contribution >= 0.6 is 47.2 Å². The number of carbonyl (C=O) groups excluding carboxylic acids is 1. The lowest BCUT2D eigenvalue weighted by Crippen LogP contribution is -2.33. The van der Waals surface area contributed by atoms with Crippen LogP contribution in [0.3, 0.4) is 0 Å². The van der Waals surface area contributed by atoms with Gasteiger partial charge in [0.25, 0.3) is 5.91 Å². The summed E-state index contributed by atoms with van der Waals surface area (Å²) in [6.07, 6.45) is 0. The third-order valence-electron chi connectivity index (χ3n) is 4.23. The fraction of sp³-hybridized carbons (Fsp3) is 0.176. The minimum absolute atomic E-state index is 0.0382. The predicted octanol–water partition coefficient (Wildman–Crippen LogP) is 4.88. The Hall–Kier alpha value is -1.34. The lowest BCUT2D eigenvalue weighted by atomic mass is 10.2. The van der Waals surface area contributed by atoms with E-state index in [1.807, 2.05) is 29.2 Å². The molecular weight excluding hydrogens is 402 g/mol. The van der Waals surface area contributed by atoms with Crippen LogP contribution in [0.15, 0.2) is 42.5 Å². The van der Waals surface area contributed by atoms with Gasteiger partial charge >= 0.3 is 0 Å². The van der Waals surface area contributed by atoms with Crippen molar-refractivity contribution in [3.63, 3.8) is 0 Å². The molecule has 4 rings (SSSR count). The maximum atomic E-state index is 13.4. The second-order valence-electron chi connectivity index (χ2n) is 5.71. The Kier molecular flexibility index (Phi) is 4.40. The highest BCUT2D eigenvalue weighted by Gasteiger charge is 2.50. The molecule has 0 radical (unpaired) electrons. The zero-order valence-electron chi connectivity index (χ0n) is 12.7. The summed E-state index contributed by atoms with van der Waals surface area (Å²) in [7, 11) is 0. The quantitative estimate of drug-likeness (QED) is 0.655. The summed E-state index contributed by atoms with van der Waals surface area (Å²) < 4.78 is 13.4. The molecule has 2 aliphatic heterocycles. The summed E-state index contributed by atoms with van der Waals surface area (Å²) in [4.78, 5) is 16.2. The first-order chi connectivity index (χ1) is 12.0. The second-order valence-corrected chi connectivity index (χ2v) is 8.04. The molecule has 0 N–H and O–H groups in total. The largest absolute Gasteiger partial charge is 0.319 e. The van der Waals surface area contributed by atoms with Gasteiger partial charge in [-0.2, -0.15) is 0 Å². The molecule has 0 spiro atoms. The van der Waals surface area contributed by atoms with Crippen LogP contribution in [0.5, 0.6) is 0 Å². The van der Waals surface area contributed by atoms with Crippen molar-refractivity contribution in [1.82, 2.24) is 4.90 Å². The van der Waals surface area contributed by atoms with Crippen molar-refractivity contribution in [2.45, 2.75) is 11.4 Å². The van der Waals surface area contributed by atoms with Crippen LogP contribution in [0.25, 0.3) is 0 Å². The highest BCUT2D eigenvalue weighted by Crippen LogP contribution is 2.46. The van der Waals surface area contributed by atoms with E-state index in [0.717, 1.165) is 5.56 Å². The van der Waals surface area contributed by atoms with Crippen molar-refractivity contribution in [2.75, 3.05) is 10.7 Å². The third-order valence-corrected chi connectivity index (χ3v) is 6.49. The van der Waals surface area contributed by atoms with Gasteiger partial charge in [0.1, 0.15) is 17.2 Å². The Morgan fingerprint density at radius 3 is 2.56 bits per heavy atom. The van der Waals surface area contributed by atoms with Crippen LogP contribution in [-0.4, -0.2) is 27.7 Å². The number of fused-ring (bicyclic) bond motifs is 1. The van der Waals surface area contributed by atoms with E-state index in [0.29, 0.717) is 21.6 Å². The Balaban J connectivity index is 1.68. The molecule has 0 bridgehead atoms. The number of carbonyl (C=O) groups is 1. The van der Waals surface area contributed by atoms with E-state index >= 15 is 0 Å². The van der Waals surface area contributed by atoms with Gasteiger partial charge < -0.3 is 4.90 Å². The topological polar surface area (TPSA) is 23.6 Å². The highest BCUT2D eigenvalue weighted by molar-refractivity contribution is 7.99. The standard InChI is InChI=1S/C17H11Cl2FN2OS2/c18-10-3-1-9(2-4-10)16-22-14(8-25-16)15(23)21(17(22)24)11-5-6-13(20)12(19)7-11/h1-7,14,16H,8H2/t14-,16+/m1/s1. The first-order valence-corrected chi connectivity index (χ1v) is 9.67. The molecule has 2 atom stereocenters. The summed E-state index contributed by atoms with van der Waals surface area (Å²) in [5, 5.41) is 0.969. The fourth-order valence-electron chi connectivity index (χ4n) is 3.04. The average molecular weight is 413 g/mol. The number of nitrogens with zero attached hydrogens (tertiary/aromatic N) is 2. The molecular formula is C17H11Cl2FN2OS2. The fourth-order valence-corrected chi connectivity index (χ4v) is 5.26. The SMILES string of the molecule is O=C1[C@H]2CS[C@@H](c3ccc(Cl)cc3)N2C(=S)N1c1ccc(F)c(Cl)c1. The van der Waals surface area contributed by atoms with Crippen molar-refractivity contribution >= 4 is 63.9 Å². The van der Waals surface area contributed by atoms with Crippen molar-refractivity contribution < 1.29 is 9.18 Å². The molecule has 128 valence electrons. The molecule has 0 aliphatic carbocycles. The Bertz CT molecular complexity index is 877. The molecule has 2 aliphatic rings. The normalized spacial score (nSPS) is 22.7. The summed E-state index contributed by atoms with van der Waals surface area (Å²) in [6.45, 7) is 0. The number of hydrogen-bond acceptors (Lipinski definition) is 3. The van der Waals surface area contributed by atoms with Gasteiger partial charge in [-0.25, -0.2) is 4.39 Å². The summed E-state index contributed by atoms with van der Waals surface area (Å²) in [6, 6.07) is 11.4. The first kappa shape index (κ1) is 17.1. The van der Waals surface area contributed by atoms with Crippen molar-refractivity contribution in [2.24, 2.45) is 0 Å². The van der Waals surface area contributed by atoms with Gasteiger partial charge in [-0.3, -0.25) is 9.69 Å². The Morgan fingerprint density at radius 1 is 1.16 bits per heavy atom. The number of rotatable bonds is 2. The number of anilines is 1. The van der Waals surface area contributed by atoms with Crippen LogP contribution in [0.4, 0.5) is 10.1 Å². The smallest absolute Gasteiger partial charge is 0.257 e. The van der Waals surface area contributed by atoms with Gasteiger partial charge in [0, 0.05) is 10.8 Å². The number of halogens is 3. The van der Waals surface area contributed by atoms with Crippen molar-refractivity contribution in [1.29, 1.82) is 0 Å². The predicted molar refractivity (Wildman–Crippen MR) is 104 cm³/mol. The third kappa shape index (κ3) is 2.81. The van der Waals surface area contributed by atoms with Crippen LogP contribution in [0.2, 0.25) is 10.0 Å². The van der Waals surface area contributed by atoms with Gasteiger partial charge in [0.15, 0.2) is 5.11 Å². The highest BCUT2D eigenvalue weighted by atomic mass is 35.5. The van der Waals surface area contributed by atoms with Gasteiger partial charge in [-0.05, 0) is 48.1 Å². The first-order valence-electron chi connectivity index (χ1n) is 7.46. The van der Waals surface area contributed by atoms with E-state index in [9.17, 15) is 9.18 Å². The molecule has 2 heterocycles. The monoisotopic (exact) mass is 412 g/mol. The zero-order chi connectivity index (χ0) is 17.7. The van der Waals surface area contributed by atoms with E-state index in [1.165, 1.54) is 23.1 Å². The van der Waals surface area contributed by atoms with Gasteiger partial charge in [0.2, 0.25) is 0 Å². The minimum Gasteiger partial charge on any atom is -0.319 e. The minimum atomic E-state index is -0.530. The van der Waals surface area contributed by atoms with Gasteiger partial charge in [0.05, 0.1) is 10.7 Å². The van der Waals surface area contributed by atoms with E-state index in [2.05, 4.69) is 0 Å². The maximum Gasteiger partial charge on any atom is 0.257 e. The number of thioether (sulfide) groups is 1. The molecule has 2 aromatic carbocycles. The number of benzene rings is 2. The average Bonchev–Trinajstić information content (AvgIpc) is 3.12. The molecule has 0 aromatic heterocycles. The molecule has 25 heavy (non-hydrogen) atoms. The van der Waals surface area contributed by atoms with Crippen LogP contribution in [0, 0.1) is 5.82 Å². The zero-order valence-corrected chi connectivity index (χ0v) is 15.8. The van der Waals surface area contributed by atoms with Crippen molar-refractivity contribution in [3.05, 3.63) is 63.9 Å². The Morgan fingerprint density at radius 2 is 1.88 bits per heavy atom. The molecule has 2 aromatic rings. The lowest BCUT2D eigenvalue weighted by molar-refractivity contribution is -0.119. The number of hydrogen-bond donors (Lipinski definition) is 0. The molecule has 3 nitrogen and oxygen atoms in total. The molecule has 2 saturated heterocycles. The van der Waals surface area contributed by atoms with E-state index < -0.39 is 5.82 Å². The van der Waals surface area contributed by atoms with Gasteiger partial charge in [-0.1, -0.05) is 35.3 Å². The molecule has 0 unspecified atom stereocenters. The van der Waals surface area contributed by atoms with E-state index in [1.54, 1.807) is 11.8 Å². The lowest BCUT2D eigenvalue weighted by Gasteiger charge is -2.25. The molecule has 1 amide bonds. The summed E-state index contributed by atoms with van der Waals surface area (Å²) in [5.41, 5.74) is 1.52. The maximum absolute atomic E-state index is 13.4. The van der Waals surface area contributed by atoms with Crippen molar-refractivity contribution in [3.8, 4) is 0 Å². The van der Waals surface area contributed by atoms with Gasteiger partial charge in [-0.15, -0.1) is 11.8 Å².